The highest BCUT2D eigenvalue weighted by molar-refractivity contribution is 5.85. The van der Waals surface area contributed by atoms with Crippen molar-refractivity contribution in [3.05, 3.63) is 107 Å². The molecule has 6 heteroatoms. The molecule has 0 aliphatic carbocycles. The molecule has 2 aliphatic heterocycles. The molecule has 2 atom stereocenters. The van der Waals surface area contributed by atoms with Crippen LogP contribution in [0, 0.1) is 0 Å². The summed E-state index contributed by atoms with van der Waals surface area (Å²) >= 11 is 0. The lowest BCUT2D eigenvalue weighted by atomic mass is 9.84. The van der Waals surface area contributed by atoms with E-state index in [1.54, 1.807) is 13.4 Å². The standard InChI is InChI=1S/C25H20N4O2/c1-30-18-11-7-10-17(14-18)24-21-22(19-12-5-6-13-20(19)31-24)28-25-26-15-27-29(25)23(21)16-8-3-2-4-9-16/h2-15,23-24H,1H3,(H,26,27,28)/t23-,24-/m0/s1. The van der Waals surface area contributed by atoms with Gasteiger partial charge in [0.05, 0.1) is 12.8 Å². The summed E-state index contributed by atoms with van der Waals surface area (Å²) in [5.74, 6) is 2.35. The van der Waals surface area contributed by atoms with E-state index in [0.29, 0.717) is 5.95 Å². The largest absolute Gasteiger partial charge is 0.497 e. The van der Waals surface area contributed by atoms with Crippen LogP contribution < -0.4 is 14.8 Å². The van der Waals surface area contributed by atoms with E-state index in [2.05, 4.69) is 39.7 Å². The van der Waals surface area contributed by atoms with Crippen LogP contribution in [-0.4, -0.2) is 21.9 Å². The molecule has 0 amide bonds. The predicted octanol–water partition coefficient (Wildman–Crippen LogP) is 4.85. The van der Waals surface area contributed by atoms with E-state index in [9.17, 15) is 0 Å². The van der Waals surface area contributed by atoms with Crippen molar-refractivity contribution >= 4 is 11.6 Å². The maximum atomic E-state index is 6.62. The number of para-hydroxylation sites is 1. The first-order valence-corrected chi connectivity index (χ1v) is 10.2. The Labute approximate surface area is 179 Å². The molecule has 6 rings (SSSR count). The van der Waals surface area contributed by atoms with Gasteiger partial charge < -0.3 is 14.8 Å². The maximum Gasteiger partial charge on any atom is 0.226 e. The Morgan fingerprint density at radius 2 is 1.74 bits per heavy atom. The molecule has 4 aromatic rings. The molecule has 0 unspecified atom stereocenters. The van der Waals surface area contributed by atoms with Crippen LogP contribution in [0.25, 0.3) is 5.70 Å². The maximum absolute atomic E-state index is 6.62. The molecule has 1 aromatic heterocycles. The highest BCUT2D eigenvalue weighted by Gasteiger charge is 2.40. The van der Waals surface area contributed by atoms with Crippen LogP contribution in [0.2, 0.25) is 0 Å². The van der Waals surface area contributed by atoms with E-state index in [-0.39, 0.29) is 12.1 Å². The number of anilines is 1. The lowest BCUT2D eigenvalue weighted by molar-refractivity contribution is 0.222. The number of fused-ring (bicyclic) bond motifs is 3. The molecule has 31 heavy (non-hydrogen) atoms. The monoisotopic (exact) mass is 408 g/mol. The Hall–Kier alpha value is -4.06. The van der Waals surface area contributed by atoms with Crippen molar-refractivity contribution in [1.29, 1.82) is 0 Å². The van der Waals surface area contributed by atoms with E-state index in [4.69, 9.17) is 9.47 Å². The van der Waals surface area contributed by atoms with Crippen LogP contribution in [0.4, 0.5) is 5.95 Å². The van der Waals surface area contributed by atoms with Gasteiger partial charge in [0, 0.05) is 16.7 Å². The summed E-state index contributed by atoms with van der Waals surface area (Å²) in [6.45, 7) is 0. The summed E-state index contributed by atoms with van der Waals surface area (Å²) in [5, 5.41) is 8.07. The van der Waals surface area contributed by atoms with Crippen LogP contribution in [0.3, 0.4) is 0 Å². The smallest absolute Gasteiger partial charge is 0.226 e. The number of nitrogens with one attached hydrogen (secondary N) is 1. The molecule has 0 bridgehead atoms. The third kappa shape index (κ3) is 2.79. The highest BCUT2D eigenvalue weighted by Crippen LogP contribution is 2.50. The van der Waals surface area contributed by atoms with Crippen LogP contribution in [0.15, 0.2) is 90.8 Å². The predicted molar refractivity (Wildman–Crippen MR) is 118 cm³/mol. The van der Waals surface area contributed by atoms with Gasteiger partial charge in [-0.05, 0) is 29.8 Å². The van der Waals surface area contributed by atoms with Crippen LogP contribution in [0.5, 0.6) is 11.5 Å². The number of aromatic nitrogens is 3. The van der Waals surface area contributed by atoms with E-state index in [1.807, 2.05) is 59.3 Å². The zero-order chi connectivity index (χ0) is 20.8. The first-order valence-electron chi connectivity index (χ1n) is 10.2. The Balaban J connectivity index is 1.62. The average molecular weight is 408 g/mol. The van der Waals surface area contributed by atoms with Crippen molar-refractivity contribution in [1.82, 2.24) is 14.8 Å². The van der Waals surface area contributed by atoms with Gasteiger partial charge in [-0.25, -0.2) is 4.68 Å². The molecule has 0 radical (unpaired) electrons. The van der Waals surface area contributed by atoms with Crippen molar-refractivity contribution in [2.45, 2.75) is 12.1 Å². The third-order valence-electron chi connectivity index (χ3n) is 5.83. The Morgan fingerprint density at radius 1 is 0.935 bits per heavy atom. The molecule has 6 nitrogen and oxygen atoms in total. The minimum Gasteiger partial charge on any atom is -0.497 e. The molecular formula is C25H20N4O2. The second-order valence-corrected chi connectivity index (χ2v) is 7.57. The van der Waals surface area contributed by atoms with E-state index >= 15 is 0 Å². The summed E-state index contributed by atoms with van der Waals surface area (Å²) in [6.07, 6.45) is 1.28. The molecular weight excluding hydrogens is 388 g/mol. The van der Waals surface area contributed by atoms with Gasteiger partial charge >= 0.3 is 0 Å². The Kier molecular flexibility index (Phi) is 4.02. The number of ether oxygens (including phenoxy) is 2. The first kappa shape index (κ1) is 17.8. The minimum atomic E-state index is -0.310. The van der Waals surface area contributed by atoms with Gasteiger partial charge in [-0.15, -0.1) is 0 Å². The Morgan fingerprint density at radius 3 is 2.61 bits per heavy atom. The lowest BCUT2D eigenvalue weighted by Crippen LogP contribution is -2.32. The highest BCUT2D eigenvalue weighted by atomic mass is 16.5. The molecule has 3 heterocycles. The minimum absolute atomic E-state index is 0.153. The van der Waals surface area contributed by atoms with Crippen molar-refractivity contribution < 1.29 is 9.47 Å². The second-order valence-electron chi connectivity index (χ2n) is 7.57. The van der Waals surface area contributed by atoms with Crippen LogP contribution in [-0.2, 0) is 0 Å². The van der Waals surface area contributed by atoms with Gasteiger partial charge in [0.25, 0.3) is 0 Å². The van der Waals surface area contributed by atoms with Gasteiger partial charge in [0.1, 0.15) is 30.0 Å². The summed E-state index contributed by atoms with van der Waals surface area (Å²) in [6, 6.07) is 26.3. The molecule has 0 fully saturated rings. The van der Waals surface area contributed by atoms with Crippen LogP contribution in [0.1, 0.15) is 28.8 Å². The Bertz CT molecular complexity index is 1300. The fourth-order valence-electron chi connectivity index (χ4n) is 4.45. The number of benzene rings is 3. The number of rotatable bonds is 3. The normalized spacial score (nSPS) is 18.9. The van der Waals surface area contributed by atoms with Crippen molar-refractivity contribution in [2.75, 3.05) is 12.4 Å². The second kappa shape index (κ2) is 7.02. The van der Waals surface area contributed by atoms with Crippen LogP contribution >= 0.6 is 0 Å². The fraction of sp³-hybridized carbons (Fsp3) is 0.120. The molecule has 0 saturated carbocycles. The number of nitrogens with zero attached hydrogens (tertiary/aromatic N) is 3. The van der Waals surface area contributed by atoms with E-state index < -0.39 is 0 Å². The molecule has 0 spiro atoms. The number of hydrogen-bond donors (Lipinski definition) is 1. The van der Waals surface area contributed by atoms with Crippen molar-refractivity contribution in [3.8, 4) is 11.5 Å². The molecule has 2 aliphatic rings. The summed E-state index contributed by atoms with van der Waals surface area (Å²) < 4.78 is 14.0. The average Bonchev–Trinajstić information content (AvgIpc) is 3.31. The molecule has 152 valence electrons. The van der Waals surface area contributed by atoms with Crippen molar-refractivity contribution in [3.63, 3.8) is 0 Å². The molecule has 1 N–H and O–H groups in total. The van der Waals surface area contributed by atoms with Crippen molar-refractivity contribution in [2.24, 2.45) is 0 Å². The zero-order valence-electron chi connectivity index (χ0n) is 16.9. The first-order chi connectivity index (χ1) is 15.3. The topological polar surface area (TPSA) is 61.2 Å². The van der Waals surface area contributed by atoms with Gasteiger partial charge in [-0.1, -0.05) is 54.6 Å². The van der Waals surface area contributed by atoms with E-state index in [0.717, 1.165) is 39.5 Å². The van der Waals surface area contributed by atoms with Gasteiger partial charge in [-0.3, -0.25) is 0 Å². The zero-order valence-corrected chi connectivity index (χ0v) is 16.9. The summed E-state index contributed by atoms with van der Waals surface area (Å²) in [4.78, 5) is 4.47. The van der Waals surface area contributed by atoms with Gasteiger partial charge in [-0.2, -0.15) is 10.1 Å². The van der Waals surface area contributed by atoms with E-state index in [1.165, 1.54) is 0 Å². The van der Waals surface area contributed by atoms with Gasteiger partial charge in [0.2, 0.25) is 5.95 Å². The summed E-state index contributed by atoms with van der Waals surface area (Å²) in [5.41, 5.74) is 5.28. The number of methoxy groups -OCH3 is 1. The SMILES string of the molecule is COc1cccc([C@@H]2Oc3ccccc3C3=C2[C@H](c2ccccc2)n2ncnc2N3)c1. The third-order valence-corrected chi connectivity index (χ3v) is 5.83. The lowest BCUT2D eigenvalue weighted by Gasteiger charge is -2.39. The summed E-state index contributed by atoms with van der Waals surface area (Å²) in [7, 11) is 1.68. The quantitative estimate of drug-likeness (QED) is 0.525. The fourth-order valence-corrected chi connectivity index (χ4v) is 4.45. The van der Waals surface area contributed by atoms with Gasteiger partial charge in [0.15, 0.2) is 0 Å². The number of hydrogen-bond acceptors (Lipinski definition) is 5. The molecule has 0 saturated heterocycles. The molecule has 3 aromatic carbocycles.